The molecule has 0 radical (unpaired) electrons. The highest BCUT2D eigenvalue weighted by Crippen LogP contribution is 2.31. The molecule has 0 saturated heterocycles. The van der Waals surface area contributed by atoms with E-state index < -0.39 is 0 Å². The van der Waals surface area contributed by atoms with Crippen LogP contribution in [0, 0.1) is 6.92 Å². The van der Waals surface area contributed by atoms with E-state index in [9.17, 15) is 4.79 Å². The van der Waals surface area contributed by atoms with Crippen molar-refractivity contribution in [2.75, 3.05) is 30.4 Å². The molecule has 0 saturated carbocycles. The fourth-order valence-corrected chi connectivity index (χ4v) is 2.99. The molecule has 23 heavy (non-hydrogen) atoms. The van der Waals surface area contributed by atoms with Gasteiger partial charge in [0.1, 0.15) is 5.75 Å². The third kappa shape index (κ3) is 3.13. The van der Waals surface area contributed by atoms with Gasteiger partial charge in [0.05, 0.1) is 19.3 Å². The summed E-state index contributed by atoms with van der Waals surface area (Å²) in [4.78, 5) is 14.4. The summed E-state index contributed by atoms with van der Waals surface area (Å²) in [5.74, 6) is 0.680. The minimum Gasteiger partial charge on any atom is -0.495 e. The molecule has 120 valence electrons. The van der Waals surface area contributed by atoms with Crippen molar-refractivity contribution in [3.8, 4) is 5.75 Å². The summed E-state index contributed by atoms with van der Waals surface area (Å²) in [5, 5.41) is 3.81. The number of hydrogen-bond acceptors (Lipinski definition) is 3. The fourth-order valence-electron chi connectivity index (χ4n) is 2.83. The number of rotatable bonds is 4. The molecule has 4 nitrogen and oxygen atoms in total. The van der Waals surface area contributed by atoms with Gasteiger partial charge in [-0.1, -0.05) is 29.8 Å². The van der Waals surface area contributed by atoms with E-state index in [0.29, 0.717) is 10.8 Å². The lowest BCUT2D eigenvalue weighted by molar-refractivity contribution is -0.116. The number of benzene rings is 2. The van der Waals surface area contributed by atoms with Crippen molar-refractivity contribution >= 4 is 28.9 Å². The molecule has 3 rings (SSSR count). The molecule has 0 unspecified atom stereocenters. The average Bonchev–Trinajstić information content (AvgIpc) is 2.99. The van der Waals surface area contributed by atoms with Crippen LogP contribution >= 0.6 is 11.6 Å². The highest BCUT2D eigenvalue weighted by atomic mass is 35.5. The topological polar surface area (TPSA) is 41.6 Å². The first kappa shape index (κ1) is 15.7. The van der Waals surface area contributed by atoms with Crippen LogP contribution in [0.15, 0.2) is 36.4 Å². The van der Waals surface area contributed by atoms with Gasteiger partial charge in [0.25, 0.3) is 0 Å². The normalized spacial score (nSPS) is 12.9. The number of amides is 1. The molecule has 2 aromatic rings. The molecule has 5 heteroatoms. The van der Waals surface area contributed by atoms with Crippen molar-refractivity contribution in [2.24, 2.45) is 0 Å². The standard InChI is InChI=1S/C18H19ClN2O2/c1-12-9-15(17(23-2)10-14(12)19)20-11-18(22)21-8-7-13-5-3-4-6-16(13)21/h3-6,9-10,20H,7-8,11H2,1-2H3. The highest BCUT2D eigenvalue weighted by Gasteiger charge is 2.23. The first-order valence-corrected chi connectivity index (χ1v) is 7.94. The molecule has 1 aliphatic heterocycles. The Hall–Kier alpha value is -2.20. The van der Waals surface area contributed by atoms with Crippen LogP contribution in [0.25, 0.3) is 0 Å². The minimum absolute atomic E-state index is 0.0459. The maximum absolute atomic E-state index is 12.5. The first-order valence-electron chi connectivity index (χ1n) is 7.56. The number of nitrogens with zero attached hydrogens (tertiary/aromatic N) is 1. The number of carbonyl (C=O) groups is 1. The van der Waals surface area contributed by atoms with E-state index in [1.807, 2.05) is 36.1 Å². The summed E-state index contributed by atoms with van der Waals surface area (Å²) in [5.41, 5.74) is 3.95. The molecule has 0 aromatic heterocycles. The zero-order chi connectivity index (χ0) is 16.4. The number of aryl methyl sites for hydroxylation is 1. The molecular weight excluding hydrogens is 312 g/mol. The molecular formula is C18H19ClN2O2. The van der Waals surface area contributed by atoms with Gasteiger partial charge in [-0.25, -0.2) is 0 Å². The molecule has 1 heterocycles. The predicted octanol–water partition coefficient (Wildman–Crippen LogP) is 3.66. The van der Waals surface area contributed by atoms with E-state index in [1.54, 1.807) is 13.2 Å². The number of para-hydroxylation sites is 1. The van der Waals surface area contributed by atoms with E-state index in [0.717, 1.165) is 29.9 Å². The monoisotopic (exact) mass is 330 g/mol. The van der Waals surface area contributed by atoms with Crippen molar-refractivity contribution in [1.29, 1.82) is 0 Å². The molecule has 1 amide bonds. The van der Waals surface area contributed by atoms with E-state index in [2.05, 4.69) is 11.4 Å². The smallest absolute Gasteiger partial charge is 0.246 e. The first-order chi connectivity index (χ1) is 11.1. The quantitative estimate of drug-likeness (QED) is 0.930. The Morgan fingerprint density at radius 1 is 1.35 bits per heavy atom. The zero-order valence-electron chi connectivity index (χ0n) is 13.2. The van der Waals surface area contributed by atoms with Crippen LogP contribution in [-0.2, 0) is 11.2 Å². The lowest BCUT2D eigenvalue weighted by atomic mass is 10.2. The number of ether oxygens (including phenoxy) is 1. The number of fused-ring (bicyclic) bond motifs is 1. The SMILES string of the molecule is COc1cc(Cl)c(C)cc1NCC(=O)N1CCc2ccccc21. The maximum atomic E-state index is 12.5. The van der Waals surface area contributed by atoms with Gasteiger partial charge in [-0.3, -0.25) is 4.79 Å². The lowest BCUT2D eigenvalue weighted by Gasteiger charge is -2.19. The largest absolute Gasteiger partial charge is 0.495 e. The van der Waals surface area contributed by atoms with E-state index in [-0.39, 0.29) is 12.5 Å². The Balaban J connectivity index is 1.72. The van der Waals surface area contributed by atoms with Gasteiger partial charge in [-0.2, -0.15) is 0 Å². The second-order valence-corrected chi connectivity index (χ2v) is 5.99. The van der Waals surface area contributed by atoms with Crippen LogP contribution < -0.4 is 15.0 Å². The molecule has 2 aromatic carbocycles. The van der Waals surface area contributed by atoms with Crippen molar-refractivity contribution in [3.63, 3.8) is 0 Å². The zero-order valence-corrected chi connectivity index (χ0v) is 14.0. The highest BCUT2D eigenvalue weighted by molar-refractivity contribution is 6.31. The average molecular weight is 331 g/mol. The molecule has 0 aliphatic carbocycles. The van der Waals surface area contributed by atoms with Crippen LogP contribution in [0.3, 0.4) is 0 Å². The Labute approximate surface area is 141 Å². The molecule has 1 N–H and O–H groups in total. The van der Waals surface area contributed by atoms with Crippen LogP contribution in [0.5, 0.6) is 5.75 Å². The maximum Gasteiger partial charge on any atom is 0.246 e. The van der Waals surface area contributed by atoms with Crippen molar-refractivity contribution in [3.05, 3.63) is 52.5 Å². The molecule has 0 bridgehead atoms. The summed E-state index contributed by atoms with van der Waals surface area (Å²) in [6.07, 6.45) is 0.908. The summed E-state index contributed by atoms with van der Waals surface area (Å²) in [6, 6.07) is 11.7. The van der Waals surface area contributed by atoms with Gasteiger partial charge in [-0.05, 0) is 36.6 Å². The molecule has 1 aliphatic rings. The number of nitrogens with one attached hydrogen (secondary N) is 1. The van der Waals surface area contributed by atoms with Crippen LogP contribution in [-0.4, -0.2) is 26.1 Å². The van der Waals surface area contributed by atoms with Crippen LogP contribution in [0.2, 0.25) is 5.02 Å². The number of halogens is 1. The van der Waals surface area contributed by atoms with Gasteiger partial charge in [0.15, 0.2) is 0 Å². The Morgan fingerprint density at radius 3 is 2.91 bits per heavy atom. The van der Waals surface area contributed by atoms with Crippen LogP contribution in [0.4, 0.5) is 11.4 Å². The second-order valence-electron chi connectivity index (χ2n) is 5.58. The van der Waals surface area contributed by atoms with Gasteiger partial charge in [0.2, 0.25) is 5.91 Å². The number of hydrogen-bond donors (Lipinski definition) is 1. The Morgan fingerprint density at radius 2 is 2.13 bits per heavy atom. The molecule has 0 spiro atoms. The molecule has 0 atom stereocenters. The van der Waals surface area contributed by atoms with E-state index in [1.165, 1.54) is 5.56 Å². The lowest BCUT2D eigenvalue weighted by Crippen LogP contribution is -2.34. The van der Waals surface area contributed by atoms with Gasteiger partial charge < -0.3 is 15.0 Å². The number of anilines is 2. The number of carbonyl (C=O) groups excluding carboxylic acids is 1. The second kappa shape index (κ2) is 6.50. The predicted molar refractivity (Wildman–Crippen MR) is 93.7 cm³/mol. The van der Waals surface area contributed by atoms with Crippen molar-refractivity contribution in [1.82, 2.24) is 0 Å². The minimum atomic E-state index is 0.0459. The van der Waals surface area contributed by atoms with Crippen molar-refractivity contribution in [2.45, 2.75) is 13.3 Å². The van der Waals surface area contributed by atoms with E-state index in [4.69, 9.17) is 16.3 Å². The van der Waals surface area contributed by atoms with Gasteiger partial charge in [-0.15, -0.1) is 0 Å². The van der Waals surface area contributed by atoms with Gasteiger partial charge >= 0.3 is 0 Å². The summed E-state index contributed by atoms with van der Waals surface area (Å²) in [7, 11) is 1.59. The Kier molecular flexibility index (Phi) is 4.44. The van der Waals surface area contributed by atoms with E-state index >= 15 is 0 Å². The van der Waals surface area contributed by atoms with Gasteiger partial charge in [0, 0.05) is 23.3 Å². The van der Waals surface area contributed by atoms with Crippen LogP contribution in [0.1, 0.15) is 11.1 Å². The Bertz CT molecular complexity index is 746. The number of methoxy groups -OCH3 is 1. The fraction of sp³-hybridized carbons (Fsp3) is 0.278. The summed E-state index contributed by atoms with van der Waals surface area (Å²) >= 11 is 6.10. The summed E-state index contributed by atoms with van der Waals surface area (Å²) in [6.45, 7) is 2.87. The third-order valence-corrected chi connectivity index (χ3v) is 4.51. The summed E-state index contributed by atoms with van der Waals surface area (Å²) < 4.78 is 5.32. The third-order valence-electron chi connectivity index (χ3n) is 4.10. The molecule has 0 fully saturated rings. The van der Waals surface area contributed by atoms with Crippen molar-refractivity contribution < 1.29 is 9.53 Å².